The number of hydrogen-bond donors (Lipinski definition) is 0. The normalized spacial score (nSPS) is 10.8. The fourth-order valence-corrected chi connectivity index (χ4v) is 4.56. The Morgan fingerprint density at radius 3 is 2.57 bits per heavy atom. The molecule has 0 fully saturated rings. The van der Waals surface area contributed by atoms with Crippen molar-refractivity contribution >= 4 is 23.1 Å². The highest BCUT2D eigenvalue weighted by Gasteiger charge is 2.13. The fraction of sp³-hybridized carbons (Fsp3) is 0.136. The maximum Gasteiger partial charge on any atom is 0.124 e. The zero-order valence-electron chi connectivity index (χ0n) is 15.6. The van der Waals surface area contributed by atoms with E-state index in [9.17, 15) is 0 Å². The molecular formula is C22H19N3OS2. The summed E-state index contributed by atoms with van der Waals surface area (Å²) in [5.41, 5.74) is 4.14. The topological polar surface area (TPSA) is 47.9 Å². The van der Waals surface area contributed by atoms with Gasteiger partial charge in [-0.1, -0.05) is 54.2 Å². The molecule has 4 aromatic rings. The first-order valence-corrected chi connectivity index (χ1v) is 10.7. The number of benzene rings is 2. The van der Waals surface area contributed by atoms with E-state index in [1.165, 1.54) is 5.56 Å². The first-order valence-electron chi connectivity index (χ1n) is 8.85. The zero-order valence-corrected chi connectivity index (χ0v) is 17.3. The molecule has 2 aromatic carbocycles. The SMILES string of the molecule is COc1cccc(-c2nc(C)c(-c3ccc(SCc4ccccc4)nn3)s2)c1. The number of aromatic nitrogens is 3. The van der Waals surface area contributed by atoms with Crippen LogP contribution in [-0.2, 0) is 5.75 Å². The van der Waals surface area contributed by atoms with E-state index < -0.39 is 0 Å². The summed E-state index contributed by atoms with van der Waals surface area (Å²) in [7, 11) is 1.67. The van der Waals surface area contributed by atoms with Gasteiger partial charge in [-0.05, 0) is 36.8 Å². The molecule has 0 atom stereocenters. The van der Waals surface area contributed by atoms with Gasteiger partial charge in [0.15, 0.2) is 0 Å². The fourth-order valence-electron chi connectivity index (χ4n) is 2.76. The zero-order chi connectivity index (χ0) is 19.3. The van der Waals surface area contributed by atoms with E-state index >= 15 is 0 Å². The van der Waals surface area contributed by atoms with Gasteiger partial charge in [-0.15, -0.1) is 21.5 Å². The van der Waals surface area contributed by atoms with E-state index in [0.29, 0.717) is 0 Å². The van der Waals surface area contributed by atoms with Crippen LogP contribution in [0.2, 0.25) is 0 Å². The van der Waals surface area contributed by atoms with Crippen LogP contribution in [0.5, 0.6) is 5.75 Å². The van der Waals surface area contributed by atoms with Crippen molar-refractivity contribution in [2.24, 2.45) is 0 Å². The van der Waals surface area contributed by atoms with E-state index in [4.69, 9.17) is 9.72 Å². The van der Waals surface area contributed by atoms with Crippen LogP contribution < -0.4 is 4.74 Å². The maximum absolute atomic E-state index is 5.32. The first-order chi connectivity index (χ1) is 13.7. The van der Waals surface area contributed by atoms with Gasteiger partial charge in [-0.25, -0.2) is 4.98 Å². The molecule has 0 N–H and O–H groups in total. The second-order valence-electron chi connectivity index (χ2n) is 6.20. The van der Waals surface area contributed by atoms with Gasteiger partial charge < -0.3 is 4.74 Å². The Kier molecular flexibility index (Phi) is 5.69. The maximum atomic E-state index is 5.32. The largest absolute Gasteiger partial charge is 0.497 e. The molecule has 0 aliphatic carbocycles. The Morgan fingerprint density at radius 1 is 0.964 bits per heavy atom. The summed E-state index contributed by atoms with van der Waals surface area (Å²) in [6.07, 6.45) is 0. The number of hydrogen-bond acceptors (Lipinski definition) is 6. The minimum Gasteiger partial charge on any atom is -0.497 e. The Labute approximate surface area is 172 Å². The molecule has 0 saturated carbocycles. The highest BCUT2D eigenvalue weighted by Crippen LogP contribution is 2.35. The van der Waals surface area contributed by atoms with E-state index in [0.717, 1.165) is 43.4 Å². The van der Waals surface area contributed by atoms with Crippen LogP contribution in [0.3, 0.4) is 0 Å². The van der Waals surface area contributed by atoms with Gasteiger partial charge in [-0.3, -0.25) is 0 Å². The summed E-state index contributed by atoms with van der Waals surface area (Å²) in [6.45, 7) is 2.01. The second-order valence-corrected chi connectivity index (χ2v) is 8.19. The molecule has 0 aliphatic heterocycles. The lowest BCUT2D eigenvalue weighted by molar-refractivity contribution is 0.415. The van der Waals surface area contributed by atoms with Gasteiger partial charge in [0.1, 0.15) is 21.5 Å². The quantitative estimate of drug-likeness (QED) is 0.375. The van der Waals surface area contributed by atoms with Gasteiger partial charge in [-0.2, -0.15) is 0 Å². The number of methoxy groups -OCH3 is 1. The minimum atomic E-state index is 0.825. The summed E-state index contributed by atoms with van der Waals surface area (Å²) in [6, 6.07) is 22.4. The number of thiazole rings is 1. The molecule has 2 aromatic heterocycles. The van der Waals surface area contributed by atoms with E-state index in [-0.39, 0.29) is 0 Å². The van der Waals surface area contributed by atoms with Crippen molar-refractivity contribution < 1.29 is 4.74 Å². The van der Waals surface area contributed by atoms with Gasteiger partial charge in [0.2, 0.25) is 0 Å². The van der Waals surface area contributed by atoms with Crippen LogP contribution in [-0.4, -0.2) is 22.3 Å². The Bertz CT molecular complexity index is 1060. The molecule has 0 spiro atoms. The Morgan fingerprint density at radius 2 is 1.82 bits per heavy atom. The lowest BCUT2D eigenvalue weighted by Crippen LogP contribution is -1.90. The van der Waals surface area contributed by atoms with Crippen molar-refractivity contribution in [3.05, 3.63) is 78.0 Å². The molecule has 0 bridgehead atoms. The second kappa shape index (κ2) is 8.54. The highest BCUT2D eigenvalue weighted by atomic mass is 32.2. The molecular weight excluding hydrogens is 386 g/mol. The molecule has 6 heteroatoms. The van der Waals surface area contributed by atoms with E-state index in [1.807, 2.05) is 49.4 Å². The monoisotopic (exact) mass is 405 g/mol. The lowest BCUT2D eigenvalue weighted by atomic mass is 10.2. The molecule has 0 saturated heterocycles. The summed E-state index contributed by atoms with van der Waals surface area (Å²) >= 11 is 3.31. The molecule has 0 unspecified atom stereocenters. The third-order valence-electron chi connectivity index (χ3n) is 4.22. The van der Waals surface area contributed by atoms with Crippen LogP contribution in [0.1, 0.15) is 11.3 Å². The van der Waals surface area contributed by atoms with Crippen molar-refractivity contribution in [1.82, 2.24) is 15.2 Å². The Hall–Kier alpha value is -2.70. The van der Waals surface area contributed by atoms with Crippen molar-refractivity contribution in [1.29, 1.82) is 0 Å². The van der Waals surface area contributed by atoms with Crippen LogP contribution >= 0.6 is 23.1 Å². The van der Waals surface area contributed by atoms with Crippen molar-refractivity contribution in [2.75, 3.05) is 7.11 Å². The lowest BCUT2D eigenvalue weighted by Gasteiger charge is -2.02. The summed E-state index contributed by atoms with van der Waals surface area (Å²) in [5, 5.41) is 10.7. The summed E-state index contributed by atoms with van der Waals surface area (Å²) in [4.78, 5) is 5.77. The third kappa shape index (κ3) is 4.24. The third-order valence-corrected chi connectivity index (χ3v) is 6.44. The number of thioether (sulfide) groups is 1. The number of nitrogens with zero attached hydrogens (tertiary/aromatic N) is 3. The van der Waals surface area contributed by atoms with Gasteiger partial charge in [0, 0.05) is 11.3 Å². The molecule has 28 heavy (non-hydrogen) atoms. The Balaban J connectivity index is 1.52. The molecule has 0 radical (unpaired) electrons. The number of aryl methyl sites for hydroxylation is 1. The van der Waals surface area contributed by atoms with Crippen LogP contribution in [0.25, 0.3) is 21.1 Å². The number of rotatable bonds is 6. The van der Waals surface area contributed by atoms with Gasteiger partial charge >= 0.3 is 0 Å². The minimum absolute atomic E-state index is 0.825. The van der Waals surface area contributed by atoms with Crippen LogP contribution in [0.4, 0.5) is 0 Å². The molecule has 140 valence electrons. The standard InChI is InChI=1S/C22H19N3OS2/c1-15-21(28-22(23-15)17-9-6-10-18(13-17)26-2)19-11-12-20(25-24-19)27-14-16-7-4-3-5-8-16/h3-13H,14H2,1-2H3. The average Bonchev–Trinajstić information content (AvgIpc) is 3.15. The predicted octanol–water partition coefficient (Wildman–Crippen LogP) is 5.88. The molecule has 0 aliphatic rings. The summed E-state index contributed by atoms with van der Waals surface area (Å²) < 4.78 is 5.32. The predicted molar refractivity (Wildman–Crippen MR) is 116 cm³/mol. The van der Waals surface area contributed by atoms with Gasteiger partial charge in [0.25, 0.3) is 0 Å². The smallest absolute Gasteiger partial charge is 0.124 e. The van der Waals surface area contributed by atoms with Gasteiger partial charge in [0.05, 0.1) is 17.7 Å². The highest BCUT2D eigenvalue weighted by molar-refractivity contribution is 7.98. The first kappa shape index (κ1) is 18.7. The molecule has 4 nitrogen and oxygen atoms in total. The van der Waals surface area contributed by atoms with E-state index in [2.05, 4.69) is 34.5 Å². The van der Waals surface area contributed by atoms with Crippen LogP contribution in [0, 0.1) is 6.92 Å². The number of ether oxygens (including phenoxy) is 1. The van der Waals surface area contributed by atoms with Crippen molar-refractivity contribution in [3.8, 4) is 26.9 Å². The molecule has 4 rings (SSSR count). The molecule has 2 heterocycles. The van der Waals surface area contributed by atoms with Crippen molar-refractivity contribution in [2.45, 2.75) is 17.7 Å². The summed E-state index contributed by atoms with van der Waals surface area (Å²) in [5.74, 6) is 1.71. The van der Waals surface area contributed by atoms with E-state index in [1.54, 1.807) is 30.2 Å². The van der Waals surface area contributed by atoms with Crippen molar-refractivity contribution in [3.63, 3.8) is 0 Å². The average molecular weight is 406 g/mol. The van der Waals surface area contributed by atoms with Crippen LogP contribution in [0.15, 0.2) is 71.8 Å². The molecule has 0 amide bonds.